The van der Waals surface area contributed by atoms with Crippen molar-refractivity contribution in [2.24, 2.45) is 22.7 Å². The summed E-state index contributed by atoms with van der Waals surface area (Å²) in [4.78, 5) is 33.4. The average molecular weight is 349 g/mol. The maximum atomic E-state index is 12.6. The van der Waals surface area contributed by atoms with E-state index >= 15 is 0 Å². The van der Waals surface area contributed by atoms with Gasteiger partial charge in [0.1, 0.15) is 4.88 Å². The number of aliphatic hydroxyl groups is 1. The zero-order chi connectivity index (χ0) is 17.1. The molecule has 130 valence electrons. The second-order valence-electron chi connectivity index (χ2n) is 8.23. The highest BCUT2D eigenvalue weighted by molar-refractivity contribution is 7.11. The summed E-state index contributed by atoms with van der Waals surface area (Å²) in [5.74, 6) is 0.430. The van der Waals surface area contributed by atoms with Crippen LogP contribution in [0, 0.1) is 22.7 Å². The summed E-state index contributed by atoms with van der Waals surface area (Å²) in [6.45, 7) is 6.83. The quantitative estimate of drug-likeness (QED) is 0.886. The number of carbonyl (C=O) groups excluding carboxylic acids is 2. The van der Waals surface area contributed by atoms with Crippen molar-refractivity contribution in [3.05, 3.63) is 16.6 Å². The van der Waals surface area contributed by atoms with Crippen LogP contribution in [-0.2, 0) is 4.79 Å². The molecule has 1 aliphatic carbocycles. The maximum Gasteiger partial charge on any atom is 0.265 e. The number of aliphatic hydroxyl groups excluding tert-OH is 1. The molecule has 2 aliphatic heterocycles. The smallest absolute Gasteiger partial charge is 0.265 e. The van der Waals surface area contributed by atoms with Gasteiger partial charge < -0.3 is 14.9 Å². The Morgan fingerprint density at radius 3 is 2.54 bits per heavy atom. The number of likely N-dealkylation sites (tertiary alicyclic amines) is 2. The number of aromatic nitrogens is 1. The van der Waals surface area contributed by atoms with Crippen LogP contribution in [0.3, 0.4) is 0 Å². The number of nitrogens with zero attached hydrogens (tertiary/aromatic N) is 3. The fraction of sp³-hybridized carbons (Fsp3) is 0.706. The molecule has 24 heavy (non-hydrogen) atoms. The van der Waals surface area contributed by atoms with Crippen LogP contribution in [-0.4, -0.2) is 64.5 Å². The summed E-state index contributed by atoms with van der Waals surface area (Å²) >= 11 is 1.34. The van der Waals surface area contributed by atoms with Gasteiger partial charge in [0, 0.05) is 50.0 Å². The molecule has 2 atom stereocenters. The molecule has 0 radical (unpaired) electrons. The van der Waals surface area contributed by atoms with Gasteiger partial charge in [-0.05, 0) is 11.8 Å². The first-order valence-corrected chi connectivity index (χ1v) is 9.32. The van der Waals surface area contributed by atoms with E-state index in [1.807, 2.05) is 9.80 Å². The highest BCUT2D eigenvalue weighted by Gasteiger charge is 2.60. The second-order valence-corrected chi connectivity index (χ2v) is 9.12. The van der Waals surface area contributed by atoms with Crippen LogP contribution in [0.1, 0.15) is 29.9 Å². The predicted molar refractivity (Wildman–Crippen MR) is 89.5 cm³/mol. The number of rotatable bonds is 3. The van der Waals surface area contributed by atoms with Gasteiger partial charge in [-0.15, -0.1) is 11.3 Å². The van der Waals surface area contributed by atoms with Gasteiger partial charge in [-0.25, -0.2) is 0 Å². The second kappa shape index (κ2) is 5.26. The van der Waals surface area contributed by atoms with Crippen molar-refractivity contribution in [2.75, 3.05) is 32.8 Å². The lowest BCUT2D eigenvalue weighted by molar-refractivity contribution is -0.148. The molecule has 0 aromatic carbocycles. The van der Waals surface area contributed by atoms with Crippen molar-refractivity contribution in [1.82, 2.24) is 14.8 Å². The Bertz CT molecular complexity index is 667. The van der Waals surface area contributed by atoms with Crippen LogP contribution in [0.25, 0.3) is 0 Å². The van der Waals surface area contributed by atoms with Crippen LogP contribution in [0.2, 0.25) is 0 Å². The molecule has 1 aromatic heterocycles. The molecule has 7 heteroatoms. The lowest BCUT2D eigenvalue weighted by Gasteiger charge is -2.50. The van der Waals surface area contributed by atoms with E-state index in [4.69, 9.17) is 0 Å². The molecule has 4 rings (SSSR count). The summed E-state index contributed by atoms with van der Waals surface area (Å²) in [5.41, 5.74) is 1.66. The first-order valence-electron chi connectivity index (χ1n) is 8.44. The monoisotopic (exact) mass is 349 g/mol. The Balaban J connectivity index is 1.43. The number of amides is 2. The topological polar surface area (TPSA) is 73.7 Å². The van der Waals surface area contributed by atoms with Crippen LogP contribution in [0.5, 0.6) is 0 Å². The lowest BCUT2D eigenvalue weighted by Crippen LogP contribution is -2.63. The molecule has 2 saturated heterocycles. The fourth-order valence-electron chi connectivity index (χ4n) is 4.25. The Morgan fingerprint density at radius 1 is 1.33 bits per heavy atom. The van der Waals surface area contributed by atoms with E-state index in [-0.39, 0.29) is 41.1 Å². The van der Waals surface area contributed by atoms with Gasteiger partial charge in [-0.3, -0.25) is 14.6 Å². The van der Waals surface area contributed by atoms with Crippen molar-refractivity contribution < 1.29 is 14.7 Å². The van der Waals surface area contributed by atoms with E-state index in [1.165, 1.54) is 11.3 Å². The Labute approximate surface area is 145 Å². The highest BCUT2D eigenvalue weighted by Crippen LogP contribution is 2.54. The molecule has 1 unspecified atom stereocenters. The molecule has 0 bridgehead atoms. The van der Waals surface area contributed by atoms with Crippen LogP contribution >= 0.6 is 11.3 Å². The van der Waals surface area contributed by atoms with Crippen LogP contribution in [0.4, 0.5) is 0 Å². The largest absolute Gasteiger partial charge is 0.396 e. The summed E-state index contributed by atoms with van der Waals surface area (Å²) < 4.78 is 0. The lowest BCUT2D eigenvalue weighted by atomic mass is 9.71. The first-order chi connectivity index (χ1) is 11.4. The SMILES string of the molecule is CC1(C)C[C@@H]1C(=O)N1CC2(CN(C(=O)c3cncs3)CC2CO)C1. The van der Waals surface area contributed by atoms with Gasteiger partial charge in [0.05, 0.1) is 11.7 Å². The van der Waals surface area contributed by atoms with E-state index in [0.717, 1.165) is 6.42 Å². The summed E-state index contributed by atoms with van der Waals surface area (Å²) in [5, 5.41) is 9.78. The third kappa shape index (κ3) is 2.37. The maximum absolute atomic E-state index is 12.6. The Hall–Kier alpha value is -1.47. The number of hydrogen-bond acceptors (Lipinski definition) is 5. The molecule has 3 aliphatic rings. The van der Waals surface area contributed by atoms with E-state index in [9.17, 15) is 14.7 Å². The molecule has 3 fully saturated rings. The van der Waals surface area contributed by atoms with Crippen LogP contribution < -0.4 is 0 Å². The predicted octanol–water partition coefficient (Wildman–Crippen LogP) is 1.08. The highest BCUT2D eigenvalue weighted by atomic mass is 32.1. The van der Waals surface area contributed by atoms with Gasteiger partial charge in [-0.2, -0.15) is 0 Å². The first kappa shape index (κ1) is 16.0. The third-order valence-electron chi connectivity index (χ3n) is 6.10. The molecule has 1 aromatic rings. The molecule has 6 nitrogen and oxygen atoms in total. The minimum atomic E-state index is -0.135. The average Bonchev–Trinajstić information content (AvgIpc) is 2.94. The third-order valence-corrected chi connectivity index (χ3v) is 6.86. The van der Waals surface area contributed by atoms with Gasteiger partial charge >= 0.3 is 0 Å². The molecule has 1 spiro atoms. The van der Waals surface area contributed by atoms with Gasteiger partial charge in [0.2, 0.25) is 5.91 Å². The van der Waals surface area contributed by atoms with E-state index < -0.39 is 0 Å². The molecule has 3 heterocycles. The normalized spacial score (nSPS) is 29.6. The van der Waals surface area contributed by atoms with E-state index in [1.54, 1.807) is 11.7 Å². The Kier molecular flexibility index (Phi) is 3.51. The molecule has 2 amide bonds. The molecular weight excluding hydrogens is 326 g/mol. The summed E-state index contributed by atoms with van der Waals surface area (Å²) in [6, 6.07) is 0. The molecular formula is C17H23N3O3S. The number of carbonyl (C=O) groups is 2. The standard InChI is InChI=1S/C17H23N3O3S/c1-16(2)3-12(16)14(22)20-8-17(9-20)7-19(5-11(17)6-21)15(23)13-4-18-10-24-13/h4,10-12,21H,3,5-9H2,1-2H3/t11?,12-/m1/s1. The van der Waals surface area contributed by atoms with Crippen LogP contribution in [0.15, 0.2) is 11.7 Å². The van der Waals surface area contributed by atoms with E-state index in [0.29, 0.717) is 31.1 Å². The number of hydrogen-bond donors (Lipinski definition) is 1. The van der Waals surface area contributed by atoms with Gasteiger partial charge in [0.15, 0.2) is 0 Å². The fourth-order valence-corrected chi connectivity index (χ4v) is 4.84. The van der Waals surface area contributed by atoms with Crippen molar-refractivity contribution in [1.29, 1.82) is 0 Å². The number of thiazole rings is 1. The van der Waals surface area contributed by atoms with Gasteiger partial charge in [0.25, 0.3) is 5.91 Å². The minimum absolute atomic E-state index is 0.0130. The zero-order valence-electron chi connectivity index (χ0n) is 14.1. The summed E-state index contributed by atoms with van der Waals surface area (Å²) in [6.07, 6.45) is 2.56. The van der Waals surface area contributed by atoms with Crippen molar-refractivity contribution in [3.63, 3.8) is 0 Å². The minimum Gasteiger partial charge on any atom is -0.396 e. The summed E-state index contributed by atoms with van der Waals surface area (Å²) in [7, 11) is 0. The van der Waals surface area contributed by atoms with Crippen molar-refractivity contribution >= 4 is 23.2 Å². The molecule has 1 N–H and O–H groups in total. The van der Waals surface area contributed by atoms with E-state index in [2.05, 4.69) is 18.8 Å². The van der Waals surface area contributed by atoms with Crippen molar-refractivity contribution in [2.45, 2.75) is 20.3 Å². The zero-order valence-corrected chi connectivity index (χ0v) is 14.9. The van der Waals surface area contributed by atoms with Gasteiger partial charge in [-0.1, -0.05) is 13.8 Å². The van der Waals surface area contributed by atoms with Crippen molar-refractivity contribution in [3.8, 4) is 0 Å². The molecule has 1 saturated carbocycles. The Morgan fingerprint density at radius 2 is 2.00 bits per heavy atom.